The fourth-order valence-corrected chi connectivity index (χ4v) is 3.12. The third-order valence-electron chi connectivity index (χ3n) is 4.24. The van der Waals surface area contributed by atoms with Crippen molar-refractivity contribution in [2.24, 2.45) is 0 Å². The fraction of sp³-hybridized carbons (Fsp3) is 1.00. The van der Waals surface area contributed by atoms with Crippen molar-refractivity contribution in [3.05, 3.63) is 0 Å². The van der Waals surface area contributed by atoms with Gasteiger partial charge in [0.15, 0.2) is 0 Å². The van der Waals surface area contributed by atoms with Gasteiger partial charge in [0, 0.05) is 12.6 Å². The average molecular weight is 255 g/mol. The Hall–Kier alpha value is -0.0800. The van der Waals surface area contributed by atoms with E-state index in [0.29, 0.717) is 6.61 Å². The quantitative estimate of drug-likeness (QED) is 0.565. The van der Waals surface area contributed by atoms with E-state index in [0.717, 1.165) is 12.5 Å². The zero-order valence-electron chi connectivity index (χ0n) is 12.4. The highest BCUT2D eigenvalue weighted by atomic mass is 16.2. The molecule has 1 heterocycles. The molecule has 1 aliphatic heterocycles. The molecular weight excluding hydrogens is 222 g/mol. The van der Waals surface area contributed by atoms with Gasteiger partial charge >= 0.3 is 0 Å². The first-order chi connectivity index (χ1) is 8.88. The minimum absolute atomic E-state index is 0.363. The second-order valence-corrected chi connectivity index (χ2v) is 5.82. The Bertz CT molecular complexity index is 184. The molecule has 0 aromatic heterocycles. The van der Waals surface area contributed by atoms with Crippen molar-refractivity contribution in [3.8, 4) is 0 Å². The number of nitrogens with zero attached hydrogens (tertiary/aromatic N) is 1. The summed E-state index contributed by atoms with van der Waals surface area (Å²) in [5.74, 6) is 0. The lowest BCUT2D eigenvalue weighted by atomic mass is 10.1. The summed E-state index contributed by atoms with van der Waals surface area (Å²) < 4.78 is 0. The summed E-state index contributed by atoms with van der Waals surface area (Å²) in [5, 5.41) is 8.91. The van der Waals surface area contributed by atoms with E-state index in [1.165, 1.54) is 77.3 Å². The van der Waals surface area contributed by atoms with Gasteiger partial charge in [-0.1, -0.05) is 45.4 Å². The van der Waals surface area contributed by atoms with Crippen molar-refractivity contribution in [2.45, 2.75) is 83.6 Å². The van der Waals surface area contributed by atoms with Crippen molar-refractivity contribution in [1.29, 1.82) is 0 Å². The van der Waals surface area contributed by atoms with Gasteiger partial charge in [-0.05, 0) is 45.2 Å². The highest BCUT2D eigenvalue weighted by Gasteiger charge is 2.22. The Balaban J connectivity index is 1.97. The van der Waals surface area contributed by atoms with Crippen LogP contribution in [0.3, 0.4) is 0 Å². The molecule has 0 amide bonds. The first-order valence-corrected chi connectivity index (χ1v) is 8.23. The first kappa shape index (κ1) is 16.0. The molecule has 0 aromatic rings. The van der Waals surface area contributed by atoms with Crippen LogP contribution in [-0.4, -0.2) is 35.7 Å². The highest BCUT2D eigenvalue weighted by molar-refractivity contribution is 4.78. The molecule has 1 aliphatic rings. The van der Waals surface area contributed by atoms with Crippen LogP contribution in [0.5, 0.6) is 0 Å². The minimum Gasteiger partial charge on any atom is -0.396 e. The lowest BCUT2D eigenvalue weighted by molar-refractivity contribution is 0.213. The summed E-state index contributed by atoms with van der Waals surface area (Å²) in [4.78, 5) is 2.67. The van der Waals surface area contributed by atoms with Crippen LogP contribution in [0.25, 0.3) is 0 Å². The molecule has 0 spiro atoms. The zero-order chi connectivity index (χ0) is 13.1. The van der Waals surface area contributed by atoms with Gasteiger partial charge in [0.05, 0.1) is 0 Å². The van der Waals surface area contributed by atoms with Crippen LogP contribution in [0.1, 0.15) is 77.6 Å². The summed E-state index contributed by atoms with van der Waals surface area (Å²) in [6.45, 7) is 5.23. The molecule has 1 N–H and O–H groups in total. The number of hydrogen-bond donors (Lipinski definition) is 1. The molecule has 0 radical (unpaired) electrons. The Morgan fingerprint density at radius 1 is 1.00 bits per heavy atom. The van der Waals surface area contributed by atoms with Crippen LogP contribution in [0.4, 0.5) is 0 Å². The molecule has 1 atom stereocenters. The van der Waals surface area contributed by atoms with Crippen LogP contribution >= 0.6 is 0 Å². The second kappa shape index (κ2) is 10.8. The van der Waals surface area contributed by atoms with Gasteiger partial charge < -0.3 is 10.0 Å². The second-order valence-electron chi connectivity index (χ2n) is 5.82. The molecule has 108 valence electrons. The lowest BCUT2D eigenvalue weighted by Crippen LogP contribution is -2.30. The minimum atomic E-state index is 0.363. The van der Waals surface area contributed by atoms with E-state index in [1.807, 2.05) is 0 Å². The molecule has 1 rings (SSSR count). The first-order valence-electron chi connectivity index (χ1n) is 8.23. The summed E-state index contributed by atoms with van der Waals surface area (Å²) in [7, 11) is 0. The Kier molecular flexibility index (Phi) is 9.59. The summed E-state index contributed by atoms with van der Waals surface area (Å²) in [6.07, 6.45) is 14.7. The Labute approximate surface area is 114 Å². The molecule has 0 saturated carbocycles. The third-order valence-corrected chi connectivity index (χ3v) is 4.24. The van der Waals surface area contributed by atoms with Gasteiger partial charge in [-0.25, -0.2) is 0 Å². The van der Waals surface area contributed by atoms with Crippen LogP contribution in [0.2, 0.25) is 0 Å². The van der Waals surface area contributed by atoms with E-state index in [2.05, 4.69) is 11.8 Å². The predicted molar refractivity (Wildman–Crippen MR) is 78.9 cm³/mol. The topological polar surface area (TPSA) is 23.5 Å². The van der Waals surface area contributed by atoms with E-state index in [4.69, 9.17) is 5.11 Å². The van der Waals surface area contributed by atoms with E-state index in [9.17, 15) is 0 Å². The van der Waals surface area contributed by atoms with Gasteiger partial charge in [-0.2, -0.15) is 0 Å². The lowest BCUT2D eigenvalue weighted by Gasteiger charge is -2.24. The van der Waals surface area contributed by atoms with Crippen molar-refractivity contribution in [2.75, 3.05) is 19.7 Å². The molecule has 2 nitrogen and oxygen atoms in total. The van der Waals surface area contributed by atoms with Crippen molar-refractivity contribution in [1.82, 2.24) is 4.90 Å². The maximum atomic E-state index is 8.91. The normalized spacial score (nSPS) is 20.7. The standard InChI is InChI=1S/C16H33NO/c1-2-3-4-5-6-7-8-13-17-14-9-11-16(17)12-10-15-18/h16,18H,2-15H2,1H3. The molecule has 1 unspecified atom stereocenters. The van der Waals surface area contributed by atoms with Gasteiger partial charge in [-0.3, -0.25) is 0 Å². The Morgan fingerprint density at radius 3 is 2.44 bits per heavy atom. The van der Waals surface area contributed by atoms with Crippen molar-refractivity contribution < 1.29 is 5.11 Å². The summed E-state index contributed by atoms with van der Waals surface area (Å²) >= 11 is 0. The van der Waals surface area contributed by atoms with Gasteiger partial charge in [0.1, 0.15) is 0 Å². The molecule has 0 bridgehead atoms. The fourth-order valence-electron chi connectivity index (χ4n) is 3.12. The van der Waals surface area contributed by atoms with Crippen LogP contribution in [-0.2, 0) is 0 Å². The molecule has 18 heavy (non-hydrogen) atoms. The molecule has 1 fully saturated rings. The van der Waals surface area contributed by atoms with Crippen molar-refractivity contribution >= 4 is 0 Å². The summed E-state index contributed by atoms with van der Waals surface area (Å²) in [6, 6.07) is 0.775. The Morgan fingerprint density at radius 2 is 1.72 bits per heavy atom. The maximum Gasteiger partial charge on any atom is 0.0431 e. The predicted octanol–water partition coefficient (Wildman–Crippen LogP) is 3.97. The summed E-state index contributed by atoms with van der Waals surface area (Å²) in [5.41, 5.74) is 0. The molecule has 0 aromatic carbocycles. The SMILES string of the molecule is CCCCCCCCCN1CCCC1CCCO. The number of likely N-dealkylation sites (tertiary alicyclic amines) is 1. The number of unbranched alkanes of at least 4 members (excludes halogenated alkanes) is 6. The molecule has 0 aliphatic carbocycles. The molecular formula is C16H33NO. The van der Waals surface area contributed by atoms with Gasteiger partial charge in [-0.15, -0.1) is 0 Å². The monoisotopic (exact) mass is 255 g/mol. The average Bonchev–Trinajstić information content (AvgIpc) is 2.83. The number of rotatable bonds is 11. The van der Waals surface area contributed by atoms with E-state index < -0.39 is 0 Å². The number of aliphatic hydroxyl groups excluding tert-OH is 1. The molecule has 2 heteroatoms. The van der Waals surface area contributed by atoms with Gasteiger partial charge in [0.2, 0.25) is 0 Å². The van der Waals surface area contributed by atoms with Crippen LogP contribution in [0.15, 0.2) is 0 Å². The number of aliphatic hydroxyl groups is 1. The van der Waals surface area contributed by atoms with Gasteiger partial charge in [0.25, 0.3) is 0 Å². The maximum absolute atomic E-state index is 8.91. The third kappa shape index (κ3) is 6.75. The van der Waals surface area contributed by atoms with Crippen LogP contribution in [0, 0.1) is 0 Å². The zero-order valence-corrected chi connectivity index (χ0v) is 12.4. The highest BCUT2D eigenvalue weighted by Crippen LogP contribution is 2.21. The number of hydrogen-bond acceptors (Lipinski definition) is 2. The van der Waals surface area contributed by atoms with E-state index in [-0.39, 0.29) is 0 Å². The van der Waals surface area contributed by atoms with E-state index >= 15 is 0 Å². The van der Waals surface area contributed by atoms with Crippen molar-refractivity contribution in [3.63, 3.8) is 0 Å². The van der Waals surface area contributed by atoms with Crippen LogP contribution < -0.4 is 0 Å². The molecule has 1 saturated heterocycles. The largest absolute Gasteiger partial charge is 0.396 e. The van der Waals surface area contributed by atoms with E-state index in [1.54, 1.807) is 0 Å². The smallest absolute Gasteiger partial charge is 0.0431 e.